The zero-order valence-electron chi connectivity index (χ0n) is 18.5. The first kappa shape index (κ1) is 21.5. The Kier molecular flexibility index (Phi) is 6.56. The molecule has 1 saturated heterocycles. The molecule has 1 N–H and O–H groups in total. The van der Waals surface area contributed by atoms with Crippen molar-refractivity contribution >= 4 is 5.91 Å². The summed E-state index contributed by atoms with van der Waals surface area (Å²) in [5, 5.41) is 3.11. The molecule has 1 amide bonds. The fourth-order valence-electron chi connectivity index (χ4n) is 4.35. The van der Waals surface area contributed by atoms with Gasteiger partial charge in [0.2, 0.25) is 5.91 Å². The number of nitrogens with one attached hydrogen (secondary N) is 1. The molecule has 0 aliphatic carbocycles. The number of amides is 1. The Morgan fingerprint density at radius 1 is 0.939 bits per heavy atom. The topological polar surface area (TPSA) is 60.0 Å². The average molecular weight is 445 g/mol. The molecule has 0 spiro atoms. The molecule has 0 bridgehead atoms. The first-order chi connectivity index (χ1) is 16.3. The van der Waals surface area contributed by atoms with Crippen LogP contribution in [0.2, 0.25) is 0 Å². The maximum atomic E-state index is 13.3. The smallest absolute Gasteiger partial charge is 0.232 e. The van der Waals surface area contributed by atoms with Crippen molar-refractivity contribution in [1.82, 2.24) is 10.2 Å². The predicted molar refractivity (Wildman–Crippen MR) is 126 cm³/mol. The first-order valence-electron chi connectivity index (χ1n) is 11.4. The Hall–Kier alpha value is -3.35. The molecule has 0 saturated carbocycles. The van der Waals surface area contributed by atoms with Crippen molar-refractivity contribution < 1.29 is 19.0 Å². The monoisotopic (exact) mass is 444 g/mol. The zero-order chi connectivity index (χ0) is 22.5. The van der Waals surface area contributed by atoms with E-state index in [1.54, 1.807) is 0 Å². The van der Waals surface area contributed by atoms with Crippen LogP contribution in [0.1, 0.15) is 22.6 Å². The van der Waals surface area contributed by atoms with Gasteiger partial charge >= 0.3 is 0 Å². The number of para-hydroxylation sites is 2. The number of carbonyl (C=O) groups is 1. The third-order valence-corrected chi connectivity index (χ3v) is 6.09. The molecule has 5 rings (SSSR count). The van der Waals surface area contributed by atoms with E-state index in [9.17, 15) is 4.79 Å². The van der Waals surface area contributed by atoms with Crippen LogP contribution in [0.5, 0.6) is 17.2 Å². The molecular weight excluding hydrogens is 416 g/mol. The van der Waals surface area contributed by atoms with E-state index >= 15 is 0 Å². The van der Waals surface area contributed by atoms with Crippen LogP contribution in [0.3, 0.4) is 0 Å². The summed E-state index contributed by atoms with van der Waals surface area (Å²) in [4.78, 5) is 15.7. The summed E-state index contributed by atoms with van der Waals surface area (Å²) in [5.74, 6) is 1.83. The molecule has 3 aromatic rings. The van der Waals surface area contributed by atoms with E-state index < -0.39 is 5.92 Å². The summed E-state index contributed by atoms with van der Waals surface area (Å²) in [6.07, 6.45) is 0. The minimum atomic E-state index is -0.404. The van der Waals surface area contributed by atoms with Crippen LogP contribution in [0, 0.1) is 0 Å². The second-order valence-electron chi connectivity index (χ2n) is 8.28. The Balaban J connectivity index is 1.22. The third-order valence-electron chi connectivity index (χ3n) is 6.09. The fourth-order valence-corrected chi connectivity index (χ4v) is 4.35. The van der Waals surface area contributed by atoms with Gasteiger partial charge in [0.05, 0.1) is 19.1 Å². The molecule has 0 atom stereocenters. The van der Waals surface area contributed by atoms with Crippen LogP contribution >= 0.6 is 0 Å². The van der Waals surface area contributed by atoms with Crippen molar-refractivity contribution in [1.29, 1.82) is 0 Å². The van der Waals surface area contributed by atoms with Crippen molar-refractivity contribution in [3.05, 3.63) is 89.5 Å². The molecule has 6 nitrogen and oxygen atoms in total. The van der Waals surface area contributed by atoms with Gasteiger partial charge in [-0.25, -0.2) is 0 Å². The molecule has 2 aliphatic heterocycles. The van der Waals surface area contributed by atoms with Crippen LogP contribution in [0.25, 0.3) is 0 Å². The quantitative estimate of drug-likeness (QED) is 0.598. The molecule has 0 unspecified atom stereocenters. The van der Waals surface area contributed by atoms with Gasteiger partial charge in [-0.2, -0.15) is 0 Å². The summed E-state index contributed by atoms with van der Waals surface area (Å²) in [5.41, 5.74) is 2.77. The highest BCUT2D eigenvalue weighted by Gasteiger charge is 2.32. The lowest BCUT2D eigenvalue weighted by molar-refractivity contribution is -0.122. The molecule has 0 aromatic heterocycles. The average Bonchev–Trinajstić information content (AvgIpc) is 2.87. The normalized spacial score (nSPS) is 15.8. The van der Waals surface area contributed by atoms with Gasteiger partial charge in [0.25, 0.3) is 0 Å². The van der Waals surface area contributed by atoms with Gasteiger partial charge in [0.15, 0.2) is 0 Å². The second-order valence-corrected chi connectivity index (χ2v) is 8.28. The molecule has 1 fully saturated rings. The second kappa shape index (κ2) is 10.1. The van der Waals surface area contributed by atoms with E-state index in [0.29, 0.717) is 13.2 Å². The molecule has 2 heterocycles. The lowest BCUT2D eigenvalue weighted by Gasteiger charge is -2.27. The van der Waals surface area contributed by atoms with Crippen LogP contribution in [0.4, 0.5) is 0 Å². The molecular formula is C27H28N2O4. The molecule has 6 heteroatoms. The van der Waals surface area contributed by atoms with Gasteiger partial charge in [-0.1, -0.05) is 48.5 Å². The summed E-state index contributed by atoms with van der Waals surface area (Å²) in [6, 6.07) is 23.4. The van der Waals surface area contributed by atoms with E-state index in [0.717, 1.165) is 66.8 Å². The standard InChI is InChI=1S/C27H28N2O4/c30-27(26-22-8-1-3-10-24(22)33-25-11-4-2-9-23(25)26)28-19-20-6-5-7-21(18-20)32-17-14-29-12-15-31-16-13-29/h1-11,18,26H,12-17,19H2,(H,28,30). The minimum absolute atomic E-state index is 0.0446. The maximum Gasteiger partial charge on any atom is 0.232 e. The Morgan fingerprint density at radius 2 is 1.64 bits per heavy atom. The highest BCUT2D eigenvalue weighted by molar-refractivity contribution is 5.89. The summed E-state index contributed by atoms with van der Waals surface area (Å²) >= 11 is 0. The predicted octanol–water partition coefficient (Wildman–Crippen LogP) is 3.95. The van der Waals surface area contributed by atoms with Gasteiger partial charge in [0, 0.05) is 37.3 Å². The van der Waals surface area contributed by atoms with E-state index in [1.165, 1.54) is 0 Å². The highest BCUT2D eigenvalue weighted by Crippen LogP contribution is 2.43. The minimum Gasteiger partial charge on any atom is -0.492 e. The van der Waals surface area contributed by atoms with Crippen molar-refractivity contribution in [3.63, 3.8) is 0 Å². The number of rotatable bonds is 7. The SMILES string of the molecule is O=C(NCc1cccc(OCCN2CCOCC2)c1)C1c2ccccc2Oc2ccccc21. The fraction of sp³-hybridized carbons (Fsp3) is 0.296. The first-order valence-corrected chi connectivity index (χ1v) is 11.4. The lowest BCUT2D eigenvalue weighted by Crippen LogP contribution is -2.38. The van der Waals surface area contributed by atoms with E-state index in [2.05, 4.69) is 10.2 Å². The number of carbonyl (C=O) groups excluding carboxylic acids is 1. The number of hydrogen-bond donors (Lipinski definition) is 1. The van der Waals surface area contributed by atoms with Crippen molar-refractivity contribution in [2.75, 3.05) is 39.5 Å². The van der Waals surface area contributed by atoms with Crippen LogP contribution in [-0.2, 0) is 16.1 Å². The number of nitrogens with zero attached hydrogens (tertiary/aromatic N) is 1. The number of benzene rings is 3. The summed E-state index contributed by atoms with van der Waals surface area (Å²) < 4.78 is 17.3. The number of ether oxygens (including phenoxy) is 3. The zero-order valence-corrected chi connectivity index (χ0v) is 18.5. The van der Waals surface area contributed by atoms with Gasteiger partial charge in [0.1, 0.15) is 23.9 Å². The Bertz CT molecular complexity index is 1070. The summed E-state index contributed by atoms with van der Waals surface area (Å²) in [6.45, 7) is 5.43. The van der Waals surface area contributed by atoms with Crippen molar-refractivity contribution in [2.24, 2.45) is 0 Å². The highest BCUT2D eigenvalue weighted by atomic mass is 16.5. The molecule has 33 heavy (non-hydrogen) atoms. The number of hydrogen-bond acceptors (Lipinski definition) is 5. The molecule has 3 aromatic carbocycles. The van der Waals surface area contributed by atoms with Gasteiger partial charge in [-0.15, -0.1) is 0 Å². The molecule has 0 radical (unpaired) electrons. The third kappa shape index (κ3) is 5.02. The largest absolute Gasteiger partial charge is 0.492 e. The van der Waals surface area contributed by atoms with Crippen molar-refractivity contribution in [3.8, 4) is 17.2 Å². The number of fused-ring (bicyclic) bond motifs is 2. The Labute approximate surface area is 194 Å². The van der Waals surface area contributed by atoms with E-state index in [-0.39, 0.29) is 5.91 Å². The van der Waals surface area contributed by atoms with Crippen LogP contribution in [0.15, 0.2) is 72.8 Å². The molecule has 170 valence electrons. The molecule has 2 aliphatic rings. The van der Waals surface area contributed by atoms with Crippen LogP contribution < -0.4 is 14.8 Å². The van der Waals surface area contributed by atoms with Gasteiger partial charge in [-0.3, -0.25) is 9.69 Å². The summed E-state index contributed by atoms with van der Waals surface area (Å²) in [7, 11) is 0. The van der Waals surface area contributed by atoms with E-state index in [4.69, 9.17) is 14.2 Å². The maximum absolute atomic E-state index is 13.3. The van der Waals surface area contributed by atoms with Gasteiger partial charge in [-0.05, 0) is 29.8 Å². The van der Waals surface area contributed by atoms with E-state index in [1.807, 2.05) is 72.8 Å². The van der Waals surface area contributed by atoms with Crippen molar-refractivity contribution in [2.45, 2.75) is 12.5 Å². The number of morpholine rings is 1. The lowest BCUT2D eigenvalue weighted by atomic mass is 9.87. The Morgan fingerprint density at radius 3 is 2.36 bits per heavy atom. The van der Waals surface area contributed by atoms with Crippen LogP contribution in [-0.4, -0.2) is 50.3 Å². The van der Waals surface area contributed by atoms with Gasteiger partial charge < -0.3 is 19.5 Å².